The molecule has 5 nitrogen and oxygen atoms in total. The number of hydrogen-bond acceptors (Lipinski definition) is 4. The number of aliphatic imine (C=N–C) groups is 1. The van der Waals surface area contributed by atoms with Crippen molar-refractivity contribution in [2.45, 2.75) is 44.7 Å². The second kappa shape index (κ2) is 7.66. The summed E-state index contributed by atoms with van der Waals surface area (Å²) in [5.41, 5.74) is 0.586. The van der Waals surface area contributed by atoms with E-state index in [-0.39, 0.29) is 17.8 Å². The molecule has 2 aromatic rings. The molecule has 1 aliphatic carbocycles. The van der Waals surface area contributed by atoms with E-state index >= 15 is 0 Å². The Morgan fingerprint density at radius 2 is 2.24 bits per heavy atom. The minimum atomic E-state index is -0.250. The molecular weight excluding hydrogens is 361 g/mol. The maximum Gasteiger partial charge on any atom is 0.191 e. The minimum Gasteiger partial charge on any atom is -0.353 e. The molecule has 0 spiro atoms. The van der Waals surface area contributed by atoms with Gasteiger partial charge < -0.3 is 10.6 Å². The van der Waals surface area contributed by atoms with Crippen molar-refractivity contribution in [3.05, 3.63) is 44.6 Å². The first-order valence-electron chi connectivity index (χ1n) is 8.23. The molecule has 1 aromatic heterocycles. The van der Waals surface area contributed by atoms with Crippen molar-refractivity contribution < 1.29 is 4.39 Å². The van der Waals surface area contributed by atoms with Crippen molar-refractivity contribution in [2.24, 2.45) is 4.99 Å². The Hall–Kier alpha value is -1.73. The van der Waals surface area contributed by atoms with Gasteiger partial charge in [0, 0.05) is 35.5 Å². The molecule has 1 saturated carbocycles. The van der Waals surface area contributed by atoms with Gasteiger partial charge >= 0.3 is 0 Å². The molecule has 2 unspecified atom stereocenters. The Bertz CT molecular complexity index is 756. The third-order valence-electron chi connectivity index (χ3n) is 4.09. The van der Waals surface area contributed by atoms with Gasteiger partial charge in [-0.1, -0.05) is 42.9 Å². The van der Waals surface area contributed by atoms with Crippen LogP contribution in [0.25, 0.3) is 0 Å². The quantitative estimate of drug-likeness (QED) is 0.612. The number of guanidine groups is 1. The van der Waals surface area contributed by atoms with Gasteiger partial charge in [0.05, 0.1) is 6.54 Å². The Morgan fingerprint density at radius 1 is 1.44 bits per heavy atom. The van der Waals surface area contributed by atoms with Crippen molar-refractivity contribution in [1.82, 2.24) is 20.8 Å². The Kier molecular flexibility index (Phi) is 5.54. The fourth-order valence-corrected chi connectivity index (χ4v) is 3.73. The first-order chi connectivity index (χ1) is 12.0. The van der Waals surface area contributed by atoms with Crippen LogP contribution < -0.4 is 10.6 Å². The maximum atomic E-state index is 14.0. The predicted octanol–water partition coefficient (Wildman–Crippen LogP) is 3.68. The minimum absolute atomic E-state index is 0.0707. The predicted molar refractivity (Wildman–Crippen MR) is 99.9 cm³/mol. The smallest absolute Gasteiger partial charge is 0.191 e. The Morgan fingerprint density at radius 3 is 2.88 bits per heavy atom. The molecule has 0 amide bonds. The van der Waals surface area contributed by atoms with Crippen LogP contribution in [-0.2, 0) is 6.54 Å². The molecule has 8 heteroatoms. The van der Waals surface area contributed by atoms with Crippen molar-refractivity contribution in [1.29, 1.82) is 0 Å². The summed E-state index contributed by atoms with van der Waals surface area (Å²) >= 11 is 7.74. The molecule has 0 saturated heterocycles. The van der Waals surface area contributed by atoms with E-state index in [9.17, 15) is 4.39 Å². The second-order valence-electron chi connectivity index (χ2n) is 6.34. The molecule has 0 radical (unpaired) electrons. The van der Waals surface area contributed by atoms with Gasteiger partial charge in [0.2, 0.25) is 0 Å². The van der Waals surface area contributed by atoms with Gasteiger partial charge in [-0.05, 0) is 18.6 Å². The maximum absolute atomic E-state index is 14.0. The van der Waals surface area contributed by atoms with E-state index in [2.05, 4.69) is 39.7 Å². The van der Waals surface area contributed by atoms with Crippen molar-refractivity contribution in [3.8, 4) is 0 Å². The van der Waals surface area contributed by atoms with Gasteiger partial charge in [-0.2, -0.15) is 0 Å². The molecule has 25 heavy (non-hydrogen) atoms. The zero-order valence-electron chi connectivity index (χ0n) is 14.4. The third kappa shape index (κ3) is 4.27. The van der Waals surface area contributed by atoms with Crippen LogP contribution in [0.15, 0.2) is 23.2 Å². The number of aromatic nitrogens is 2. The summed E-state index contributed by atoms with van der Waals surface area (Å²) in [5.74, 6) is 0.865. The van der Waals surface area contributed by atoms with Gasteiger partial charge in [-0.3, -0.25) is 4.99 Å². The highest BCUT2D eigenvalue weighted by Crippen LogP contribution is 2.44. The number of benzene rings is 1. The summed E-state index contributed by atoms with van der Waals surface area (Å²) in [7, 11) is 1.71. The lowest BCUT2D eigenvalue weighted by atomic mass is 10.1. The number of halogens is 2. The summed E-state index contributed by atoms with van der Waals surface area (Å²) in [6.07, 6.45) is 0.831. The van der Waals surface area contributed by atoms with Crippen LogP contribution in [-0.4, -0.2) is 29.2 Å². The highest BCUT2D eigenvalue weighted by Gasteiger charge is 2.41. The highest BCUT2D eigenvalue weighted by atomic mass is 35.5. The second-order valence-corrected chi connectivity index (χ2v) is 7.84. The van der Waals surface area contributed by atoms with E-state index in [0.717, 1.165) is 16.4 Å². The zero-order valence-corrected chi connectivity index (χ0v) is 16.0. The van der Waals surface area contributed by atoms with E-state index in [4.69, 9.17) is 11.6 Å². The first kappa shape index (κ1) is 18.1. The highest BCUT2D eigenvalue weighted by molar-refractivity contribution is 7.11. The fourth-order valence-electron chi connectivity index (χ4n) is 2.64. The molecule has 1 heterocycles. The largest absolute Gasteiger partial charge is 0.353 e. The zero-order chi connectivity index (χ0) is 18.0. The third-order valence-corrected chi connectivity index (χ3v) is 5.64. The first-order valence-corrected chi connectivity index (χ1v) is 9.42. The van der Waals surface area contributed by atoms with Crippen LogP contribution in [0.2, 0.25) is 5.02 Å². The molecule has 1 fully saturated rings. The van der Waals surface area contributed by atoms with Gasteiger partial charge in [0.25, 0.3) is 0 Å². The summed E-state index contributed by atoms with van der Waals surface area (Å²) in [5, 5.41) is 17.3. The SMILES string of the molecule is CN=C(NCc1nnc(C(C)C)s1)NC1CC1c1c(F)cccc1Cl. The number of rotatable bonds is 5. The van der Waals surface area contributed by atoms with Crippen molar-refractivity contribution >= 4 is 28.9 Å². The van der Waals surface area contributed by atoms with Crippen LogP contribution in [0.5, 0.6) is 0 Å². The lowest BCUT2D eigenvalue weighted by molar-refractivity contribution is 0.608. The van der Waals surface area contributed by atoms with E-state index in [1.165, 1.54) is 6.07 Å². The van der Waals surface area contributed by atoms with Crippen LogP contribution in [0.1, 0.15) is 47.7 Å². The molecule has 1 aliphatic rings. The molecule has 134 valence electrons. The lowest BCUT2D eigenvalue weighted by Gasteiger charge is -2.11. The van der Waals surface area contributed by atoms with Crippen molar-refractivity contribution in [3.63, 3.8) is 0 Å². The number of hydrogen-bond donors (Lipinski definition) is 2. The molecule has 0 aliphatic heterocycles. The summed E-state index contributed by atoms with van der Waals surface area (Å²) in [4.78, 5) is 4.22. The van der Waals surface area contributed by atoms with Crippen LogP contribution >= 0.6 is 22.9 Å². The Balaban J connectivity index is 1.55. The van der Waals surface area contributed by atoms with Crippen LogP contribution in [0.3, 0.4) is 0 Å². The standard InChI is InChI=1S/C17H21ClFN5S/c1-9(2)16-24-23-14(25-16)8-21-17(20-3)22-13-7-10(13)15-11(18)5-4-6-12(15)19/h4-6,9-10,13H,7-8H2,1-3H3,(H2,20,21,22). The molecule has 1 aromatic carbocycles. The fraction of sp³-hybridized carbons (Fsp3) is 0.471. The molecule has 2 N–H and O–H groups in total. The normalized spacial score (nSPS) is 20.0. The van der Waals surface area contributed by atoms with Gasteiger partial charge in [-0.15, -0.1) is 10.2 Å². The van der Waals surface area contributed by atoms with Crippen LogP contribution in [0, 0.1) is 5.82 Å². The molecular formula is C17H21ClFN5S. The van der Waals surface area contributed by atoms with Gasteiger partial charge in [0.15, 0.2) is 5.96 Å². The summed E-state index contributed by atoms with van der Waals surface area (Å²) in [6, 6.07) is 4.93. The average Bonchev–Trinajstić information content (AvgIpc) is 3.14. The molecule has 2 atom stereocenters. The summed E-state index contributed by atoms with van der Waals surface area (Å²) in [6.45, 7) is 4.75. The number of nitrogens with zero attached hydrogens (tertiary/aromatic N) is 3. The van der Waals surface area contributed by atoms with Crippen LogP contribution in [0.4, 0.5) is 4.39 Å². The topological polar surface area (TPSA) is 62.2 Å². The van der Waals surface area contributed by atoms with E-state index in [1.54, 1.807) is 30.5 Å². The average molecular weight is 382 g/mol. The molecule has 3 rings (SSSR count). The number of nitrogens with one attached hydrogen (secondary N) is 2. The van der Waals surface area contributed by atoms with Gasteiger partial charge in [0.1, 0.15) is 15.8 Å². The lowest BCUT2D eigenvalue weighted by Crippen LogP contribution is -2.38. The van der Waals surface area contributed by atoms with Gasteiger partial charge in [-0.25, -0.2) is 4.39 Å². The van der Waals surface area contributed by atoms with Crippen molar-refractivity contribution in [2.75, 3.05) is 7.05 Å². The summed E-state index contributed by atoms with van der Waals surface area (Å²) < 4.78 is 14.0. The van der Waals surface area contributed by atoms with E-state index in [1.807, 2.05) is 0 Å². The molecule has 0 bridgehead atoms. The Labute approximate surface area is 155 Å². The van der Waals surface area contributed by atoms with E-state index in [0.29, 0.717) is 29.0 Å². The monoisotopic (exact) mass is 381 g/mol. The van der Waals surface area contributed by atoms with E-state index < -0.39 is 0 Å².